The first-order chi connectivity index (χ1) is 16.4. The smallest absolute Gasteiger partial charge is 0.251 e. The number of hydrogen-bond acceptors (Lipinski definition) is 4. The van der Waals surface area contributed by atoms with Crippen molar-refractivity contribution in [1.82, 2.24) is 5.32 Å². The first-order valence-corrected chi connectivity index (χ1v) is 13.8. The molecule has 0 saturated heterocycles. The van der Waals surface area contributed by atoms with Crippen LogP contribution in [0.2, 0.25) is 0 Å². The number of amides is 2. The summed E-state index contributed by atoms with van der Waals surface area (Å²) in [4.78, 5) is 26.1. The third-order valence-corrected chi connectivity index (χ3v) is 8.36. The Morgan fingerprint density at radius 2 is 1.57 bits per heavy atom. The summed E-state index contributed by atoms with van der Waals surface area (Å²) >= 11 is 0. The van der Waals surface area contributed by atoms with Crippen molar-refractivity contribution in [2.75, 3.05) is 11.1 Å². The lowest BCUT2D eigenvalue weighted by Crippen LogP contribution is -2.45. The van der Waals surface area contributed by atoms with E-state index in [1.54, 1.807) is 12.1 Å². The molecule has 0 spiro atoms. The first kappa shape index (κ1) is 26.9. The van der Waals surface area contributed by atoms with Crippen LogP contribution >= 0.6 is 0 Å². The average molecular weight is 503 g/mol. The zero-order chi connectivity index (χ0) is 25.6. The fourth-order valence-corrected chi connectivity index (χ4v) is 6.32. The van der Waals surface area contributed by atoms with E-state index in [0.29, 0.717) is 18.0 Å². The number of sulfone groups is 1. The average Bonchev–Trinajstić information content (AvgIpc) is 2.78. The molecule has 0 unspecified atom stereocenters. The monoisotopic (exact) mass is 502 g/mol. The highest BCUT2D eigenvalue weighted by atomic mass is 32.2. The second kappa shape index (κ2) is 11.3. The maximum absolute atomic E-state index is 13.2. The topological polar surface area (TPSA) is 92.3 Å². The van der Waals surface area contributed by atoms with Crippen LogP contribution in [0, 0.1) is 17.2 Å². The van der Waals surface area contributed by atoms with Gasteiger partial charge in [-0.3, -0.25) is 9.59 Å². The number of halogens is 1. The predicted octanol–water partition coefficient (Wildman–Crippen LogP) is 5.35. The highest BCUT2D eigenvalue weighted by molar-refractivity contribution is 7.91. The molecule has 0 aromatic heterocycles. The summed E-state index contributed by atoms with van der Waals surface area (Å²) in [6.07, 6.45) is 5.93. The molecule has 0 bridgehead atoms. The summed E-state index contributed by atoms with van der Waals surface area (Å²) in [6, 6.07) is 10.5. The minimum Gasteiger partial charge on any atom is -0.340 e. The highest BCUT2D eigenvalue weighted by Crippen LogP contribution is 2.28. The van der Waals surface area contributed by atoms with Crippen LogP contribution in [0.1, 0.15) is 69.7 Å². The molecular formula is C27H35FN2O4S. The van der Waals surface area contributed by atoms with Gasteiger partial charge in [-0.25, -0.2) is 12.8 Å². The van der Waals surface area contributed by atoms with Crippen LogP contribution in [-0.4, -0.2) is 32.0 Å². The van der Waals surface area contributed by atoms with Gasteiger partial charge in [-0.05, 0) is 66.3 Å². The Kier molecular flexibility index (Phi) is 8.70. The normalized spacial score (nSPS) is 15.9. The zero-order valence-electron chi connectivity index (χ0n) is 20.6. The molecule has 3 rings (SSSR count). The Balaban J connectivity index is 1.72. The van der Waals surface area contributed by atoms with Crippen LogP contribution in [-0.2, 0) is 14.6 Å². The van der Waals surface area contributed by atoms with E-state index < -0.39 is 27.6 Å². The van der Waals surface area contributed by atoms with Gasteiger partial charge in [0.2, 0.25) is 5.91 Å². The molecule has 1 aliphatic carbocycles. The Morgan fingerprint density at radius 1 is 0.971 bits per heavy atom. The second-order valence-corrected chi connectivity index (χ2v) is 12.6. The summed E-state index contributed by atoms with van der Waals surface area (Å²) in [5, 5.41) is 5.63. The Morgan fingerprint density at radius 3 is 2.14 bits per heavy atom. The van der Waals surface area contributed by atoms with Crippen molar-refractivity contribution < 1.29 is 22.4 Å². The van der Waals surface area contributed by atoms with Crippen LogP contribution in [0.15, 0.2) is 53.4 Å². The molecule has 2 aromatic carbocycles. The van der Waals surface area contributed by atoms with Crippen LogP contribution < -0.4 is 10.6 Å². The van der Waals surface area contributed by atoms with E-state index in [1.807, 2.05) is 20.8 Å². The van der Waals surface area contributed by atoms with E-state index in [0.717, 1.165) is 25.7 Å². The van der Waals surface area contributed by atoms with Gasteiger partial charge in [0.1, 0.15) is 11.9 Å². The number of carbonyl (C=O) groups is 2. The van der Waals surface area contributed by atoms with Crippen molar-refractivity contribution in [1.29, 1.82) is 0 Å². The molecule has 1 atom stereocenters. The third kappa shape index (κ3) is 8.16. The van der Waals surface area contributed by atoms with E-state index in [-0.39, 0.29) is 27.5 Å². The maximum Gasteiger partial charge on any atom is 0.251 e. The third-order valence-electron chi connectivity index (χ3n) is 6.13. The van der Waals surface area contributed by atoms with Gasteiger partial charge >= 0.3 is 0 Å². The lowest BCUT2D eigenvalue weighted by Gasteiger charge is -2.26. The van der Waals surface area contributed by atoms with Crippen molar-refractivity contribution in [2.45, 2.75) is 70.2 Å². The van der Waals surface area contributed by atoms with Crippen LogP contribution in [0.5, 0.6) is 0 Å². The number of benzene rings is 2. The minimum atomic E-state index is -3.44. The van der Waals surface area contributed by atoms with Gasteiger partial charge in [0.15, 0.2) is 9.84 Å². The SMILES string of the molecule is CC(C)(C)CS(=O)(=O)c1ccc(NC(=O)[C@H](CC2CCCCC2)NC(=O)c2ccc(F)cc2)cc1. The van der Waals surface area contributed by atoms with Crippen molar-refractivity contribution in [3.8, 4) is 0 Å². The van der Waals surface area contributed by atoms with Crippen LogP contribution in [0.25, 0.3) is 0 Å². The summed E-state index contributed by atoms with van der Waals surface area (Å²) < 4.78 is 38.5. The molecule has 2 amide bonds. The van der Waals surface area contributed by atoms with Gasteiger partial charge in [0.05, 0.1) is 10.6 Å². The van der Waals surface area contributed by atoms with E-state index >= 15 is 0 Å². The molecule has 2 aromatic rings. The van der Waals surface area contributed by atoms with Gasteiger partial charge in [0.25, 0.3) is 5.91 Å². The van der Waals surface area contributed by atoms with Crippen molar-refractivity contribution in [2.24, 2.45) is 11.3 Å². The van der Waals surface area contributed by atoms with E-state index in [2.05, 4.69) is 10.6 Å². The standard InChI is InChI=1S/C27H35FN2O4S/c1-27(2,3)18-35(33,34)23-15-13-22(14-16-23)29-26(32)24(17-19-7-5-4-6-8-19)30-25(31)20-9-11-21(28)12-10-20/h9-16,19,24H,4-8,17-18H2,1-3H3,(H,29,32)(H,30,31)/t24-/m0/s1. The summed E-state index contributed by atoms with van der Waals surface area (Å²) in [7, 11) is -3.44. The van der Waals surface area contributed by atoms with E-state index in [9.17, 15) is 22.4 Å². The Labute approximate surface area is 207 Å². The van der Waals surface area contributed by atoms with Gasteiger partial charge in [-0.15, -0.1) is 0 Å². The lowest BCUT2D eigenvalue weighted by molar-refractivity contribution is -0.118. The van der Waals surface area contributed by atoms with E-state index in [4.69, 9.17) is 0 Å². The molecule has 0 radical (unpaired) electrons. The molecule has 1 fully saturated rings. The molecule has 1 aliphatic rings. The summed E-state index contributed by atoms with van der Waals surface area (Å²) in [5.74, 6) is -0.894. The summed E-state index contributed by atoms with van der Waals surface area (Å²) in [6.45, 7) is 5.60. The molecular weight excluding hydrogens is 467 g/mol. The second-order valence-electron chi connectivity index (χ2n) is 10.6. The van der Waals surface area contributed by atoms with Crippen molar-refractivity contribution in [3.63, 3.8) is 0 Å². The van der Waals surface area contributed by atoms with Gasteiger partial charge < -0.3 is 10.6 Å². The van der Waals surface area contributed by atoms with Crippen LogP contribution in [0.3, 0.4) is 0 Å². The number of hydrogen-bond donors (Lipinski definition) is 2. The number of rotatable bonds is 8. The maximum atomic E-state index is 13.2. The molecule has 1 saturated carbocycles. The zero-order valence-corrected chi connectivity index (χ0v) is 21.5. The molecule has 8 heteroatoms. The van der Waals surface area contributed by atoms with Crippen LogP contribution in [0.4, 0.5) is 10.1 Å². The predicted molar refractivity (Wildman–Crippen MR) is 135 cm³/mol. The Hall–Kier alpha value is -2.74. The van der Waals surface area contributed by atoms with E-state index in [1.165, 1.54) is 42.8 Å². The Bertz CT molecular complexity index is 1120. The number of nitrogens with one attached hydrogen (secondary N) is 2. The molecule has 0 heterocycles. The molecule has 0 aliphatic heterocycles. The fraction of sp³-hybridized carbons (Fsp3) is 0.481. The summed E-state index contributed by atoms with van der Waals surface area (Å²) in [5.41, 5.74) is 0.358. The molecule has 35 heavy (non-hydrogen) atoms. The minimum absolute atomic E-state index is 0.0184. The van der Waals surface area contributed by atoms with Crippen molar-refractivity contribution in [3.05, 3.63) is 59.9 Å². The number of anilines is 1. The quantitative estimate of drug-likeness (QED) is 0.509. The van der Waals surface area contributed by atoms with Gasteiger partial charge in [-0.1, -0.05) is 52.9 Å². The molecule has 6 nitrogen and oxygen atoms in total. The lowest BCUT2D eigenvalue weighted by atomic mass is 9.84. The molecule has 190 valence electrons. The highest BCUT2D eigenvalue weighted by Gasteiger charge is 2.27. The number of carbonyl (C=O) groups excluding carboxylic acids is 2. The largest absolute Gasteiger partial charge is 0.340 e. The van der Waals surface area contributed by atoms with Gasteiger partial charge in [0, 0.05) is 11.3 Å². The molecule has 2 N–H and O–H groups in total. The first-order valence-electron chi connectivity index (χ1n) is 12.1. The van der Waals surface area contributed by atoms with Gasteiger partial charge in [-0.2, -0.15) is 0 Å². The van der Waals surface area contributed by atoms with Crippen molar-refractivity contribution >= 4 is 27.3 Å². The fourth-order valence-electron chi connectivity index (χ4n) is 4.46.